The first-order valence-electron chi connectivity index (χ1n) is 10.3. The van der Waals surface area contributed by atoms with Crippen molar-refractivity contribution in [3.05, 3.63) is 78.4 Å². The molecule has 0 bridgehead atoms. The van der Waals surface area contributed by atoms with Crippen LogP contribution in [-0.4, -0.2) is 45.1 Å². The van der Waals surface area contributed by atoms with Crippen molar-refractivity contribution in [2.75, 3.05) is 18.0 Å². The van der Waals surface area contributed by atoms with E-state index in [0.717, 1.165) is 6.42 Å². The highest BCUT2D eigenvalue weighted by molar-refractivity contribution is 5.94. The van der Waals surface area contributed by atoms with Crippen LogP contribution in [0.4, 0.5) is 10.2 Å². The molecule has 8 heteroatoms. The van der Waals surface area contributed by atoms with Crippen LogP contribution in [0.2, 0.25) is 0 Å². The monoisotopic (exact) mass is 429 g/mol. The minimum Gasteiger partial charge on any atom is -0.507 e. The number of halogens is 1. The maximum atomic E-state index is 14.1. The average molecular weight is 429 g/mol. The second-order valence-electron chi connectivity index (χ2n) is 7.69. The molecule has 3 heterocycles. The van der Waals surface area contributed by atoms with Gasteiger partial charge in [-0.05, 0) is 48.9 Å². The van der Waals surface area contributed by atoms with Crippen molar-refractivity contribution < 1.29 is 14.3 Å². The second kappa shape index (κ2) is 8.22. The fourth-order valence-electron chi connectivity index (χ4n) is 3.95. The van der Waals surface area contributed by atoms with Crippen LogP contribution in [0.15, 0.2) is 67.0 Å². The quantitative estimate of drug-likeness (QED) is 0.516. The number of nitrogens with zero attached hydrogens (tertiary/aromatic N) is 4. The van der Waals surface area contributed by atoms with Gasteiger partial charge < -0.3 is 15.3 Å². The van der Waals surface area contributed by atoms with E-state index >= 15 is 0 Å². The Kier molecular flexibility index (Phi) is 5.10. The highest BCUT2D eigenvalue weighted by Crippen LogP contribution is 2.33. The number of carbonyl (C=O) groups is 1. The minimum absolute atomic E-state index is 0.0730. The van der Waals surface area contributed by atoms with Gasteiger partial charge in [0.05, 0.1) is 11.1 Å². The summed E-state index contributed by atoms with van der Waals surface area (Å²) in [6, 6.07) is 14.5. The summed E-state index contributed by atoms with van der Waals surface area (Å²) in [5.74, 6) is 0.478. The highest BCUT2D eigenvalue weighted by atomic mass is 19.1. The lowest BCUT2D eigenvalue weighted by Crippen LogP contribution is -2.37. The number of fused-ring (bicyclic) bond motifs is 1. The van der Waals surface area contributed by atoms with Crippen LogP contribution in [0.1, 0.15) is 16.8 Å². The number of aromatic hydroxyl groups is 1. The first-order valence-corrected chi connectivity index (χ1v) is 10.3. The molecule has 0 unspecified atom stereocenters. The molecule has 2 aromatic heterocycles. The van der Waals surface area contributed by atoms with Gasteiger partial charge in [0.1, 0.15) is 17.4 Å². The molecule has 32 heavy (non-hydrogen) atoms. The first kappa shape index (κ1) is 19.9. The Hall–Kier alpha value is -4.07. The van der Waals surface area contributed by atoms with Crippen molar-refractivity contribution in [2.45, 2.75) is 12.5 Å². The molecule has 4 aromatic rings. The normalized spacial score (nSPS) is 15.8. The van der Waals surface area contributed by atoms with E-state index in [2.05, 4.69) is 15.3 Å². The zero-order valence-corrected chi connectivity index (χ0v) is 17.1. The first-order chi connectivity index (χ1) is 15.6. The van der Waals surface area contributed by atoms with Crippen LogP contribution in [0.5, 0.6) is 5.75 Å². The van der Waals surface area contributed by atoms with Crippen LogP contribution in [-0.2, 0) is 0 Å². The van der Waals surface area contributed by atoms with Gasteiger partial charge in [0.25, 0.3) is 5.91 Å². The Balaban J connectivity index is 1.47. The van der Waals surface area contributed by atoms with Crippen molar-refractivity contribution in [3.8, 4) is 17.1 Å². The predicted octanol–water partition coefficient (Wildman–Crippen LogP) is 3.55. The van der Waals surface area contributed by atoms with Gasteiger partial charge in [-0.25, -0.2) is 14.4 Å². The molecule has 1 fully saturated rings. The Morgan fingerprint density at radius 2 is 1.91 bits per heavy atom. The van der Waals surface area contributed by atoms with Crippen molar-refractivity contribution in [2.24, 2.45) is 0 Å². The van der Waals surface area contributed by atoms with Crippen molar-refractivity contribution in [1.29, 1.82) is 0 Å². The van der Waals surface area contributed by atoms with Crippen molar-refractivity contribution in [1.82, 2.24) is 20.3 Å². The van der Waals surface area contributed by atoms with Gasteiger partial charge in [-0.2, -0.15) is 0 Å². The Morgan fingerprint density at radius 1 is 1.09 bits per heavy atom. The lowest BCUT2D eigenvalue weighted by molar-refractivity contribution is 0.0940. The maximum Gasteiger partial charge on any atom is 0.251 e. The third-order valence-corrected chi connectivity index (χ3v) is 5.55. The molecular formula is C24H20FN5O2. The lowest BCUT2D eigenvalue weighted by atomic mass is 10.1. The molecule has 7 nitrogen and oxygen atoms in total. The predicted molar refractivity (Wildman–Crippen MR) is 119 cm³/mol. The van der Waals surface area contributed by atoms with Gasteiger partial charge >= 0.3 is 0 Å². The summed E-state index contributed by atoms with van der Waals surface area (Å²) >= 11 is 0. The molecule has 0 saturated carbocycles. The molecule has 1 aliphatic rings. The van der Waals surface area contributed by atoms with Crippen molar-refractivity contribution in [3.63, 3.8) is 0 Å². The molecule has 0 spiro atoms. The van der Waals surface area contributed by atoms with E-state index < -0.39 is 0 Å². The number of carbonyl (C=O) groups excluding carboxylic acids is 1. The molecule has 1 aliphatic heterocycles. The fourth-order valence-corrected chi connectivity index (χ4v) is 3.95. The summed E-state index contributed by atoms with van der Waals surface area (Å²) in [6.07, 6.45) is 3.89. The van der Waals surface area contributed by atoms with E-state index in [9.17, 15) is 14.3 Å². The number of phenols is 1. The van der Waals surface area contributed by atoms with Crippen LogP contribution >= 0.6 is 0 Å². The number of hydrogen-bond donors (Lipinski definition) is 2. The third kappa shape index (κ3) is 3.82. The number of pyridine rings is 1. The largest absolute Gasteiger partial charge is 0.507 e. The van der Waals surface area contributed by atoms with Crippen LogP contribution in [0, 0.1) is 5.82 Å². The number of benzene rings is 2. The number of phenolic OH excluding ortho intramolecular Hbond substituents is 1. The van der Waals surface area contributed by atoms with Crippen LogP contribution in [0.3, 0.4) is 0 Å². The highest BCUT2D eigenvalue weighted by Gasteiger charge is 2.27. The molecule has 1 atom stereocenters. The molecule has 1 amide bonds. The summed E-state index contributed by atoms with van der Waals surface area (Å²) in [7, 11) is 0. The Labute approximate surface area is 183 Å². The zero-order chi connectivity index (χ0) is 22.1. The molecule has 1 saturated heterocycles. The summed E-state index contributed by atoms with van der Waals surface area (Å²) in [6.45, 7) is 1.17. The Bertz CT molecular complexity index is 1300. The topological polar surface area (TPSA) is 91.2 Å². The molecule has 160 valence electrons. The molecule has 0 aliphatic carbocycles. The number of nitrogens with one attached hydrogen (secondary N) is 1. The van der Waals surface area contributed by atoms with E-state index in [4.69, 9.17) is 4.98 Å². The van der Waals surface area contributed by atoms with E-state index in [1.165, 1.54) is 12.1 Å². The van der Waals surface area contributed by atoms with Gasteiger partial charge in [-0.1, -0.05) is 12.1 Å². The summed E-state index contributed by atoms with van der Waals surface area (Å²) in [5.41, 5.74) is 1.63. The second-order valence-corrected chi connectivity index (χ2v) is 7.69. The van der Waals surface area contributed by atoms with Gasteiger partial charge in [-0.15, -0.1) is 0 Å². The molecule has 2 aromatic carbocycles. The van der Waals surface area contributed by atoms with Gasteiger partial charge in [-0.3, -0.25) is 9.78 Å². The Morgan fingerprint density at radius 3 is 2.72 bits per heavy atom. The average Bonchev–Trinajstić information content (AvgIpc) is 3.27. The molecule has 0 radical (unpaired) electrons. The van der Waals surface area contributed by atoms with E-state index in [0.29, 0.717) is 46.8 Å². The molecule has 5 rings (SSSR count). The zero-order valence-electron chi connectivity index (χ0n) is 17.1. The number of hydrogen-bond acceptors (Lipinski definition) is 6. The van der Waals surface area contributed by atoms with Gasteiger partial charge in [0.2, 0.25) is 0 Å². The number of aromatic nitrogens is 3. The molecular weight excluding hydrogens is 409 g/mol. The fraction of sp³-hybridized carbons (Fsp3) is 0.167. The van der Waals surface area contributed by atoms with Gasteiger partial charge in [0.15, 0.2) is 5.82 Å². The standard InChI is InChI=1S/C24H20FN5O2/c25-16-5-6-20-19(13-16)23(29-22(28-20)18-3-1-2-4-21(18)31)30-12-9-17(14-30)27-24(32)15-7-10-26-11-8-15/h1-8,10-11,13,17,31H,9,12,14H2,(H,27,32)/t17-/m0/s1. The third-order valence-electron chi connectivity index (χ3n) is 5.55. The number of para-hydroxylation sites is 1. The summed E-state index contributed by atoms with van der Waals surface area (Å²) < 4.78 is 14.1. The number of anilines is 1. The maximum absolute atomic E-state index is 14.1. The van der Waals surface area contributed by atoms with Crippen LogP contribution in [0.25, 0.3) is 22.3 Å². The van der Waals surface area contributed by atoms with E-state index in [1.807, 2.05) is 4.90 Å². The lowest BCUT2D eigenvalue weighted by Gasteiger charge is -2.21. The van der Waals surface area contributed by atoms with Gasteiger partial charge in [0, 0.05) is 42.5 Å². The minimum atomic E-state index is -0.376. The number of rotatable bonds is 4. The smallest absolute Gasteiger partial charge is 0.251 e. The SMILES string of the molecule is O=C(N[C@H]1CCN(c2nc(-c3ccccc3O)nc3ccc(F)cc23)C1)c1ccncc1. The van der Waals surface area contributed by atoms with Crippen molar-refractivity contribution >= 4 is 22.6 Å². The van der Waals surface area contributed by atoms with E-state index in [-0.39, 0.29) is 23.5 Å². The van der Waals surface area contributed by atoms with E-state index in [1.54, 1.807) is 54.9 Å². The summed E-state index contributed by atoms with van der Waals surface area (Å²) in [5, 5.41) is 13.9. The van der Waals surface area contributed by atoms with Crippen LogP contribution < -0.4 is 10.2 Å². The molecule has 2 N–H and O–H groups in total. The number of amides is 1. The summed E-state index contributed by atoms with van der Waals surface area (Å²) in [4.78, 5) is 27.7.